The number of amides is 1. The second kappa shape index (κ2) is 1.50. The van der Waals surface area contributed by atoms with Gasteiger partial charge in [0.1, 0.15) is 6.10 Å². The summed E-state index contributed by atoms with van der Waals surface area (Å²) in [5, 5.41) is 2.69. The van der Waals surface area contributed by atoms with Crippen molar-refractivity contribution in [2.24, 2.45) is 0 Å². The van der Waals surface area contributed by atoms with Crippen LogP contribution in [-0.4, -0.2) is 18.2 Å². The maximum Gasteiger partial charge on any atom is 0.408 e. The van der Waals surface area contributed by atoms with Gasteiger partial charge < -0.3 is 10.1 Å². The zero-order valence-electron chi connectivity index (χ0n) is 4.83. The van der Waals surface area contributed by atoms with Crippen LogP contribution in [0.2, 0.25) is 0 Å². The van der Waals surface area contributed by atoms with Gasteiger partial charge >= 0.3 is 6.09 Å². The summed E-state index contributed by atoms with van der Waals surface area (Å²) in [6.45, 7) is 0. The van der Waals surface area contributed by atoms with E-state index < -0.39 is 0 Å². The molecule has 1 aliphatic carbocycles. The molecule has 0 bridgehead atoms. The fraction of sp³-hybridized carbons (Fsp3) is 0.500. The Labute approximate surface area is 52.7 Å². The lowest BCUT2D eigenvalue weighted by molar-refractivity contribution is 0.155. The van der Waals surface area contributed by atoms with E-state index in [4.69, 9.17) is 4.74 Å². The molecule has 48 valence electrons. The van der Waals surface area contributed by atoms with Crippen LogP contribution in [0.25, 0.3) is 0 Å². The van der Waals surface area contributed by atoms with Gasteiger partial charge in [-0.3, -0.25) is 0 Å². The van der Waals surface area contributed by atoms with Crippen LogP contribution in [0.5, 0.6) is 0 Å². The quantitative estimate of drug-likeness (QED) is 0.476. The Hall–Kier alpha value is -0.990. The van der Waals surface area contributed by atoms with Crippen molar-refractivity contribution in [2.45, 2.75) is 18.6 Å². The molecule has 9 heavy (non-hydrogen) atoms. The van der Waals surface area contributed by atoms with Gasteiger partial charge in [-0.15, -0.1) is 0 Å². The number of alkyl carbamates (subject to hydrolysis) is 1. The predicted molar refractivity (Wildman–Crippen MR) is 30.9 cm³/mol. The smallest absolute Gasteiger partial charge is 0.408 e. The Balaban J connectivity index is 2.17. The third-order valence-corrected chi connectivity index (χ3v) is 1.66. The Kier molecular flexibility index (Phi) is 0.806. The highest BCUT2D eigenvalue weighted by atomic mass is 16.6. The monoisotopic (exact) mass is 125 g/mol. The van der Waals surface area contributed by atoms with E-state index in [2.05, 4.69) is 5.32 Å². The molecule has 1 amide bonds. The van der Waals surface area contributed by atoms with E-state index in [1.807, 2.05) is 12.2 Å². The van der Waals surface area contributed by atoms with Crippen molar-refractivity contribution < 1.29 is 9.53 Å². The van der Waals surface area contributed by atoms with Gasteiger partial charge in [0.2, 0.25) is 0 Å². The molecule has 0 aromatic carbocycles. The van der Waals surface area contributed by atoms with Crippen LogP contribution in [0.15, 0.2) is 12.2 Å². The summed E-state index contributed by atoms with van der Waals surface area (Å²) < 4.78 is 4.85. The molecule has 2 rings (SSSR count). The standard InChI is InChI=1S/C6H7NO2/c8-6-7-4-2-1-3-5(4)9-6/h1,3-5H,2H2,(H,7,8)/t4-,5+/m1/s1. The topological polar surface area (TPSA) is 38.3 Å². The van der Waals surface area contributed by atoms with Gasteiger partial charge in [0, 0.05) is 0 Å². The zero-order chi connectivity index (χ0) is 6.27. The van der Waals surface area contributed by atoms with E-state index in [1.165, 1.54) is 0 Å². The van der Waals surface area contributed by atoms with Crippen LogP contribution in [0, 0.1) is 0 Å². The number of fused-ring (bicyclic) bond motifs is 1. The molecular weight excluding hydrogens is 118 g/mol. The van der Waals surface area contributed by atoms with Gasteiger partial charge in [-0.25, -0.2) is 4.79 Å². The first-order valence-electron chi connectivity index (χ1n) is 3.00. The molecule has 2 aliphatic rings. The Morgan fingerprint density at radius 1 is 1.78 bits per heavy atom. The lowest BCUT2D eigenvalue weighted by Gasteiger charge is -2.01. The van der Waals surface area contributed by atoms with E-state index >= 15 is 0 Å². The average molecular weight is 125 g/mol. The number of nitrogens with one attached hydrogen (secondary N) is 1. The molecule has 0 aromatic rings. The van der Waals surface area contributed by atoms with E-state index in [9.17, 15) is 4.79 Å². The predicted octanol–water partition coefficient (Wildman–Crippen LogP) is 0.423. The van der Waals surface area contributed by atoms with Crippen molar-refractivity contribution in [3.63, 3.8) is 0 Å². The molecule has 0 aromatic heterocycles. The lowest BCUT2D eigenvalue weighted by atomic mass is 10.2. The molecule has 1 N–H and O–H groups in total. The minimum atomic E-state index is -0.283. The number of hydrogen-bond donors (Lipinski definition) is 1. The highest BCUT2D eigenvalue weighted by molar-refractivity contribution is 5.71. The molecule has 2 atom stereocenters. The highest BCUT2D eigenvalue weighted by Crippen LogP contribution is 2.19. The van der Waals surface area contributed by atoms with Gasteiger partial charge in [0.05, 0.1) is 6.04 Å². The molecule has 3 heteroatoms. The Morgan fingerprint density at radius 2 is 2.67 bits per heavy atom. The van der Waals surface area contributed by atoms with Crippen LogP contribution in [0.4, 0.5) is 4.79 Å². The van der Waals surface area contributed by atoms with E-state index in [1.54, 1.807) is 0 Å². The summed E-state index contributed by atoms with van der Waals surface area (Å²) in [5.74, 6) is 0. The van der Waals surface area contributed by atoms with Crippen LogP contribution in [-0.2, 0) is 4.74 Å². The van der Waals surface area contributed by atoms with Crippen LogP contribution in [0.3, 0.4) is 0 Å². The second-order valence-corrected chi connectivity index (χ2v) is 2.28. The van der Waals surface area contributed by atoms with Gasteiger partial charge in [0.15, 0.2) is 0 Å². The zero-order valence-corrected chi connectivity index (χ0v) is 4.83. The lowest BCUT2D eigenvalue weighted by Crippen LogP contribution is -2.26. The maximum absolute atomic E-state index is 10.5. The van der Waals surface area contributed by atoms with Gasteiger partial charge in [-0.1, -0.05) is 6.08 Å². The number of carbonyl (C=O) groups excluding carboxylic acids is 1. The third-order valence-electron chi connectivity index (χ3n) is 1.66. The van der Waals surface area contributed by atoms with Crippen molar-refractivity contribution in [1.82, 2.24) is 5.32 Å². The minimum Gasteiger partial charge on any atom is -0.440 e. The molecular formula is C6H7NO2. The normalized spacial score (nSPS) is 38.0. The summed E-state index contributed by atoms with van der Waals surface area (Å²) in [4.78, 5) is 10.5. The summed E-state index contributed by atoms with van der Waals surface area (Å²) in [7, 11) is 0. The van der Waals surface area contributed by atoms with Crippen molar-refractivity contribution in [1.29, 1.82) is 0 Å². The first-order chi connectivity index (χ1) is 4.36. The van der Waals surface area contributed by atoms with E-state index in [0.29, 0.717) is 0 Å². The Bertz CT molecular complexity index is 176. The van der Waals surface area contributed by atoms with Crippen molar-refractivity contribution in [2.75, 3.05) is 0 Å². The van der Waals surface area contributed by atoms with Gasteiger partial charge in [-0.05, 0) is 12.5 Å². The second-order valence-electron chi connectivity index (χ2n) is 2.28. The van der Waals surface area contributed by atoms with Crippen molar-refractivity contribution in [3.05, 3.63) is 12.2 Å². The summed E-state index contributed by atoms with van der Waals surface area (Å²) in [5.41, 5.74) is 0. The summed E-state index contributed by atoms with van der Waals surface area (Å²) in [6, 6.07) is 0.220. The van der Waals surface area contributed by atoms with Crippen LogP contribution < -0.4 is 5.32 Å². The molecule has 1 fully saturated rings. The highest BCUT2D eigenvalue weighted by Gasteiger charge is 2.33. The van der Waals surface area contributed by atoms with Gasteiger partial charge in [-0.2, -0.15) is 0 Å². The average Bonchev–Trinajstić information content (AvgIpc) is 2.22. The van der Waals surface area contributed by atoms with Crippen LogP contribution >= 0.6 is 0 Å². The van der Waals surface area contributed by atoms with Crippen molar-refractivity contribution >= 4 is 6.09 Å². The number of carbonyl (C=O) groups is 1. The fourth-order valence-corrected chi connectivity index (χ4v) is 1.20. The fourth-order valence-electron chi connectivity index (χ4n) is 1.20. The SMILES string of the molecule is O=C1N[C@@H]2CC=C[C@@H]2O1. The molecule has 1 aliphatic heterocycles. The minimum absolute atomic E-state index is 0.0116. The van der Waals surface area contributed by atoms with Crippen LogP contribution in [0.1, 0.15) is 6.42 Å². The molecule has 3 nitrogen and oxygen atoms in total. The third kappa shape index (κ3) is 0.608. The Morgan fingerprint density at radius 3 is 3.44 bits per heavy atom. The van der Waals surface area contributed by atoms with Gasteiger partial charge in [0.25, 0.3) is 0 Å². The molecule has 0 spiro atoms. The molecule has 1 saturated heterocycles. The number of rotatable bonds is 0. The first kappa shape index (κ1) is 4.85. The molecule has 0 radical (unpaired) electrons. The number of ether oxygens (including phenoxy) is 1. The largest absolute Gasteiger partial charge is 0.440 e. The van der Waals surface area contributed by atoms with Crippen molar-refractivity contribution in [3.8, 4) is 0 Å². The molecule has 1 heterocycles. The first-order valence-corrected chi connectivity index (χ1v) is 3.00. The summed E-state index contributed by atoms with van der Waals surface area (Å²) in [6.07, 6.45) is 4.58. The van der Waals surface area contributed by atoms with E-state index in [-0.39, 0.29) is 18.2 Å². The summed E-state index contributed by atoms with van der Waals surface area (Å²) >= 11 is 0. The van der Waals surface area contributed by atoms with E-state index in [0.717, 1.165) is 6.42 Å². The molecule has 0 saturated carbocycles. The maximum atomic E-state index is 10.5. The molecule has 0 unspecified atom stereocenters. The number of hydrogen-bond acceptors (Lipinski definition) is 2.